The molecule has 0 spiro atoms. The lowest BCUT2D eigenvalue weighted by Crippen LogP contribution is -2.62. The highest BCUT2D eigenvalue weighted by Crippen LogP contribution is 2.39. The highest BCUT2D eigenvalue weighted by atomic mass is 32.2. The third-order valence-corrected chi connectivity index (χ3v) is 11.0. The van der Waals surface area contributed by atoms with Gasteiger partial charge in [0.15, 0.2) is 5.78 Å². The van der Waals surface area contributed by atoms with Crippen molar-refractivity contribution in [3.8, 4) is 0 Å². The van der Waals surface area contributed by atoms with Crippen molar-refractivity contribution < 1.29 is 33.5 Å². The smallest absolute Gasteiger partial charge is 0.245 e. The van der Waals surface area contributed by atoms with Gasteiger partial charge in [0.25, 0.3) is 0 Å². The van der Waals surface area contributed by atoms with Crippen LogP contribution in [0, 0.1) is 5.92 Å². The second kappa shape index (κ2) is 20.5. The summed E-state index contributed by atoms with van der Waals surface area (Å²) < 4.78 is 6.22. The Bertz CT molecular complexity index is 1320. The molecule has 0 aromatic heterocycles. The lowest BCUT2D eigenvalue weighted by molar-refractivity contribution is -0.142. The predicted molar refractivity (Wildman–Crippen MR) is 215 cm³/mol. The minimum Gasteiger partial charge on any atom is -0.370 e. The van der Waals surface area contributed by atoms with Crippen LogP contribution in [0.25, 0.3) is 0 Å². The van der Waals surface area contributed by atoms with Crippen molar-refractivity contribution >= 4 is 47.1 Å². The molecule has 3 aliphatic rings. The van der Waals surface area contributed by atoms with Gasteiger partial charge >= 0.3 is 0 Å². The van der Waals surface area contributed by atoms with Crippen LogP contribution in [-0.2, 0) is 33.5 Å². The topological polar surface area (TPSA) is 166 Å². The molecule has 14 heteroatoms. The Morgan fingerprint density at radius 3 is 2.20 bits per heavy atom. The summed E-state index contributed by atoms with van der Waals surface area (Å²) in [6, 6.07) is -5.34. The summed E-state index contributed by atoms with van der Waals surface area (Å²) in [5.41, 5.74) is -1.22. The molecule has 3 fully saturated rings. The number of unbranched alkanes of at least 4 members (excludes halogenated alkanes) is 2. The molecule has 0 unspecified atom stereocenters. The SMILES string of the molecule is C.CCCCC[C@@H]1CC(=O)[C@H](CCSC)NC(=O)[C@H]([C@@H](C)OC(C)(C)C)NC(=O)[C@@H]2CCCN2[C@@H](C(=O)NC(C)(C)C)[C@@H]2[C@@H](CC)N2C(=O)[C@H](C)NC1=O. The summed E-state index contributed by atoms with van der Waals surface area (Å²) >= 11 is 1.54. The van der Waals surface area contributed by atoms with E-state index in [9.17, 15) is 28.8 Å². The summed E-state index contributed by atoms with van der Waals surface area (Å²) in [5.74, 6) is -2.32. The Balaban J connectivity index is 0.0000101. The van der Waals surface area contributed by atoms with E-state index < -0.39 is 71.2 Å². The molecule has 9 atom stereocenters. The van der Waals surface area contributed by atoms with Crippen LogP contribution in [0.2, 0.25) is 0 Å². The van der Waals surface area contributed by atoms with Gasteiger partial charge in [-0.15, -0.1) is 0 Å². The highest BCUT2D eigenvalue weighted by Gasteiger charge is 2.60. The van der Waals surface area contributed by atoms with Gasteiger partial charge in [0, 0.05) is 17.9 Å². The number of Topliss-reactive ketones (excluding diaryl/α,β-unsaturated/α-hetero) is 1. The molecule has 0 radical (unpaired) electrons. The number of hydrogen-bond acceptors (Lipinski definition) is 9. The maximum Gasteiger partial charge on any atom is 0.245 e. The van der Waals surface area contributed by atoms with E-state index in [-0.39, 0.29) is 43.4 Å². The lowest BCUT2D eigenvalue weighted by atomic mass is 9.91. The zero-order chi connectivity index (χ0) is 39.8. The van der Waals surface area contributed by atoms with Crippen LogP contribution >= 0.6 is 11.8 Å². The number of thioether (sulfide) groups is 1. The summed E-state index contributed by atoms with van der Waals surface area (Å²) in [7, 11) is 0. The fourth-order valence-corrected chi connectivity index (χ4v) is 8.28. The average Bonchev–Trinajstić information content (AvgIpc) is 3.55. The summed E-state index contributed by atoms with van der Waals surface area (Å²) in [5, 5.41) is 11.9. The molecular formula is C40H72N6O7S. The normalized spacial score (nSPS) is 29.8. The number of amides is 5. The van der Waals surface area contributed by atoms with E-state index in [0.717, 1.165) is 19.3 Å². The van der Waals surface area contributed by atoms with Crippen LogP contribution in [0.4, 0.5) is 0 Å². The molecule has 3 heterocycles. The Morgan fingerprint density at radius 1 is 0.963 bits per heavy atom. The van der Waals surface area contributed by atoms with E-state index >= 15 is 0 Å². The highest BCUT2D eigenvalue weighted by molar-refractivity contribution is 7.98. The van der Waals surface area contributed by atoms with Crippen LogP contribution in [0.5, 0.6) is 0 Å². The van der Waals surface area contributed by atoms with Crippen molar-refractivity contribution in [2.24, 2.45) is 5.92 Å². The zero-order valence-corrected chi connectivity index (χ0v) is 35.0. The van der Waals surface area contributed by atoms with Crippen molar-refractivity contribution in [2.45, 2.75) is 194 Å². The van der Waals surface area contributed by atoms with E-state index in [2.05, 4.69) is 28.2 Å². The number of nitrogens with one attached hydrogen (secondary N) is 4. The minimum atomic E-state index is -1.15. The molecule has 5 amide bonds. The molecule has 0 aromatic carbocycles. The average molecular weight is 781 g/mol. The Kier molecular flexibility index (Phi) is 18.0. The maximum absolute atomic E-state index is 14.4. The minimum absolute atomic E-state index is 0. The number of ketones is 1. The number of rotatable bonds is 11. The van der Waals surface area contributed by atoms with E-state index in [1.165, 1.54) is 0 Å². The summed E-state index contributed by atoms with van der Waals surface area (Å²) in [6.07, 6.45) is 6.06. The predicted octanol–water partition coefficient (Wildman–Crippen LogP) is 3.96. The van der Waals surface area contributed by atoms with Crippen LogP contribution in [0.1, 0.15) is 134 Å². The fourth-order valence-electron chi connectivity index (χ4n) is 7.81. The van der Waals surface area contributed by atoms with Crippen molar-refractivity contribution in [3.63, 3.8) is 0 Å². The van der Waals surface area contributed by atoms with E-state index in [1.54, 1.807) is 30.5 Å². The number of fused-ring (bicyclic) bond motifs is 2. The second-order valence-electron chi connectivity index (χ2n) is 17.1. The maximum atomic E-state index is 14.4. The third kappa shape index (κ3) is 12.9. The Hall–Kier alpha value is -2.71. The molecule has 3 rings (SSSR count). The molecular weight excluding hydrogens is 709 g/mol. The monoisotopic (exact) mass is 781 g/mol. The Labute approximate surface area is 329 Å². The quantitative estimate of drug-likeness (QED) is 0.180. The van der Waals surface area contributed by atoms with Crippen molar-refractivity contribution in [1.29, 1.82) is 0 Å². The number of carbonyl (C=O) groups is 6. The van der Waals surface area contributed by atoms with Crippen LogP contribution in [-0.4, -0.2) is 123 Å². The molecule has 0 bridgehead atoms. The van der Waals surface area contributed by atoms with Gasteiger partial charge in [-0.1, -0.05) is 40.5 Å². The van der Waals surface area contributed by atoms with Gasteiger partial charge < -0.3 is 30.9 Å². The second-order valence-corrected chi connectivity index (χ2v) is 18.1. The standard InChI is InChI=1S/C39H68N6O7S.CH4/c1-12-14-15-17-25-22-29(46)26(19-21-53-11)41-35(49)30(24(4)52-39(8,9)10)42-34(48)28-18-16-20-44(28)32(36(50)43-38(5,6)7)31-27(13-2)45(31)37(51)23(3)40-33(25)47;/h23-28,30-32H,12-22H2,1-11H3,(H,40,47)(H,41,49)(H,42,48)(H,43,50);1H4/t23-,24+,25+,26-,27+,28-,30-,31-,32+,45?;/m0./s1. The van der Waals surface area contributed by atoms with Crippen LogP contribution in [0.15, 0.2) is 0 Å². The first-order valence-corrected chi connectivity index (χ1v) is 21.1. The van der Waals surface area contributed by atoms with Crippen LogP contribution in [0.3, 0.4) is 0 Å². The number of hydrogen-bond donors (Lipinski definition) is 4. The van der Waals surface area contributed by atoms with Crippen molar-refractivity contribution in [2.75, 3.05) is 18.6 Å². The number of ether oxygens (including phenoxy) is 1. The molecule has 54 heavy (non-hydrogen) atoms. The summed E-state index contributed by atoms with van der Waals surface area (Å²) in [6.45, 7) is 19.1. The van der Waals surface area contributed by atoms with Gasteiger partial charge in [0.2, 0.25) is 29.5 Å². The molecule has 4 N–H and O–H groups in total. The number of nitrogens with zero attached hydrogens (tertiary/aromatic N) is 2. The van der Waals surface area contributed by atoms with Gasteiger partial charge in [0.05, 0.1) is 35.9 Å². The zero-order valence-electron chi connectivity index (χ0n) is 34.1. The fraction of sp³-hybridized carbons (Fsp3) is 0.850. The van der Waals surface area contributed by atoms with Gasteiger partial charge in [-0.05, 0) is 106 Å². The van der Waals surface area contributed by atoms with Gasteiger partial charge in [-0.2, -0.15) is 11.8 Å². The number of carbonyl (C=O) groups excluding carboxylic acids is 6. The van der Waals surface area contributed by atoms with Gasteiger partial charge in [0.1, 0.15) is 18.1 Å². The Morgan fingerprint density at radius 2 is 1.63 bits per heavy atom. The lowest BCUT2D eigenvalue weighted by Gasteiger charge is -2.36. The van der Waals surface area contributed by atoms with Crippen molar-refractivity contribution in [3.05, 3.63) is 0 Å². The van der Waals surface area contributed by atoms with E-state index in [1.807, 2.05) is 59.6 Å². The van der Waals surface area contributed by atoms with Gasteiger partial charge in [-0.25, -0.2) is 0 Å². The van der Waals surface area contributed by atoms with E-state index in [0.29, 0.717) is 44.4 Å². The molecule has 0 aromatic rings. The first-order chi connectivity index (χ1) is 24.7. The molecule has 310 valence electrons. The van der Waals surface area contributed by atoms with Gasteiger partial charge in [-0.3, -0.25) is 33.7 Å². The molecule has 13 nitrogen and oxygen atoms in total. The first-order valence-electron chi connectivity index (χ1n) is 19.7. The van der Waals surface area contributed by atoms with Crippen molar-refractivity contribution in [1.82, 2.24) is 31.1 Å². The largest absolute Gasteiger partial charge is 0.370 e. The molecule has 0 aliphatic carbocycles. The molecule has 3 aliphatic heterocycles. The first kappa shape index (κ1) is 47.4. The molecule has 3 saturated heterocycles. The van der Waals surface area contributed by atoms with Crippen LogP contribution < -0.4 is 21.3 Å². The molecule has 0 saturated carbocycles. The third-order valence-electron chi connectivity index (χ3n) is 10.3. The summed E-state index contributed by atoms with van der Waals surface area (Å²) in [4.78, 5) is 88.4. The van der Waals surface area contributed by atoms with E-state index in [4.69, 9.17) is 4.74 Å².